The first-order chi connectivity index (χ1) is 17.3. The van der Waals surface area contributed by atoms with E-state index in [1.165, 1.54) is 0 Å². The van der Waals surface area contributed by atoms with Crippen molar-refractivity contribution in [2.75, 3.05) is 0 Å². The number of aliphatic carboxylic acids is 1. The van der Waals surface area contributed by atoms with Crippen LogP contribution in [0.4, 0.5) is 0 Å². The highest BCUT2D eigenvalue weighted by Crippen LogP contribution is 2.44. The van der Waals surface area contributed by atoms with Crippen molar-refractivity contribution < 1.29 is 19.4 Å². The Morgan fingerprint density at radius 2 is 1.54 bits per heavy atom. The summed E-state index contributed by atoms with van der Waals surface area (Å²) < 4.78 is 6.14. The van der Waals surface area contributed by atoms with Gasteiger partial charge in [-0.25, -0.2) is 4.79 Å². The van der Waals surface area contributed by atoms with Crippen LogP contribution < -0.4 is 0 Å². The van der Waals surface area contributed by atoms with Crippen molar-refractivity contribution in [1.82, 2.24) is 4.90 Å². The molecule has 0 bridgehead atoms. The molecule has 0 aliphatic carbocycles. The number of halogens is 1. The van der Waals surface area contributed by atoms with Gasteiger partial charge in [0.05, 0.1) is 5.60 Å². The van der Waals surface area contributed by atoms with E-state index in [2.05, 4.69) is 0 Å². The molecule has 1 N–H and O–H groups in total. The van der Waals surface area contributed by atoms with Crippen LogP contribution >= 0.6 is 11.6 Å². The fourth-order valence-electron chi connectivity index (χ4n) is 5.17. The van der Waals surface area contributed by atoms with E-state index in [1.54, 1.807) is 12.1 Å². The molecule has 0 aromatic heterocycles. The largest absolute Gasteiger partial charge is 0.479 e. The van der Waals surface area contributed by atoms with Crippen molar-refractivity contribution in [3.05, 3.63) is 92.0 Å². The number of carbonyl (C=O) groups excluding carboxylic acids is 1. The molecule has 4 rings (SSSR count). The number of rotatable bonds is 5. The zero-order chi connectivity index (χ0) is 27.2. The molecule has 1 aliphatic rings. The number of fused-ring (bicyclic) bond motifs is 1. The Kier molecular flexibility index (Phi) is 7.24. The highest BCUT2D eigenvalue weighted by atomic mass is 35.5. The van der Waals surface area contributed by atoms with Gasteiger partial charge in [0.1, 0.15) is 0 Å². The quantitative estimate of drug-likeness (QED) is 0.383. The maximum atomic E-state index is 13.6. The second-order valence-electron chi connectivity index (χ2n) is 10.9. The lowest BCUT2D eigenvalue weighted by Gasteiger charge is -2.29. The first-order valence-electron chi connectivity index (χ1n) is 12.5. The average Bonchev–Trinajstić information content (AvgIpc) is 3.27. The summed E-state index contributed by atoms with van der Waals surface area (Å²) in [6.07, 6.45) is -1.15. The second-order valence-corrected chi connectivity index (χ2v) is 11.4. The van der Waals surface area contributed by atoms with Crippen molar-refractivity contribution in [2.24, 2.45) is 0 Å². The Bertz CT molecular complexity index is 1390. The van der Waals surface area contributed by atoms with Gasteiger partial charge in [0.15, 0.2) is 6.10 Å². The second kappa shape index (κ2) is 9.96. The van der Waals surface area contributed by atoms with Crippen molar-refractivity contribution >= 4 is 23.5 Å². The Labute approximate surface area is 224 Å². The number of aryl methyl sites for hydroxylation is 2. The van der Waals surface area contributed by atoms with Gasteiger partial charge < -0.3 is 14.7 Å². The Balaban J connectivity index is 1.90. The number of carboxylic acid groups (broad SMARTS) is 1. The summed E-state index contributed by atoms with van der Waals surface area (Å²) in [5, 5.41) is 10.8. The SMILES string of the molecule is Cc1ccc(-c2c(C)c3c(c(C)c2[C@H](OC(C)(C)C)C(=O)O)CN(C(=O)c2cc(Cl)ccc2C)C3)cc1. The van der Waals surface area contributed by atoms with E-state index in [0.717, 1.165) is 44.5 Å². The topological polar surface area (TPSA) is 66.8 Å². The number of nitrogens with zero attached hydrogens (tertiary/aromatic N) is 1. The van der Waals surface area contributed by atoms with Crippen LogP contribution in [0, 0.1) is 27.7 Å². The predicted octanol–water partition coefficient (Wildman–Crippen LogP) is 7.34. The van der Waals surface area contributed by atoms with Crippen LogP contribution in [0.15, 0.2) is 42.5 Å². The molecule has 0 saturated carbocycles. The molecule has 1 aliphatic heterocycles. The summed E-state index contributed by atoms with van der Waals surface area (Å²) >= 11 is 6.20. The van der Waals surface area contributed by atoms with E-state index in [9.17, 15) is 14.7 Å². The lowest BCUT2D eigenvalue weighted by molar-refractivity contribution is -0.160. The minimum absolute atomic E-state index is 0.0887. The van der Waals surface area contributed by atoms with Gasteiger partial charge in [0.25, 0.3) is 5.91 Å². The van der Waals surface area contributed by atoms with Gasteiger partial charge in [-0.15, -0.1) is 0 Å². The normalized spacial score (nSPS) is 14.0. The molecule has 1 amide bonds. The van der Waals surface area contributed by atoms with Gasteiger partial charge in [0, 0.05) is 29.2 Å². The van der Waals surface area contributed by atoms with Crippen LogP contribution in [0.25, 0.3) is 11.1 Å². The van der Waals surface area contributed by atoms with Gasteiger partial charge >= 0.3 is 5.97 Å². The molecular weight excluding hydrogens is 486 g/mol. The highest BCUT2D eigenvalue weighted by molar-refractivity contribution is 6.31. The lowest BCUT2D eigenvalue weighted by atomic mass is 9.83. The van der Waals surface area contributed by atoms with Gasteiger partial charge in [-0.1, -0.05) is 47.5 Å². The molecule has 6 heteroatoms. The Morgan fingerprint density at radius 3 is 2.11 bits per heavy atom. The van der Waals surface area contributed by atoms with Gasteiger partial charge in [0.2, 0.25) is 0 Å². The highest BCUT2D eigenvalue weighted by Gasteiger charge is 2.36. The first kappa shape index (κ1) is 26.9. The molecule has 1 heterocycles. The third kappa shape index (κ3) is 5.29. The van der Waals surface area contributed by atoms with E-state index >= 15 is 0 Å². The molecule has 0 saturated heterocycles. The van der Waals surface area contributed by atoms with Gasteiger partial charge in [-0.2, -0.15) is 0 Å². The van der Waals surface area contributed by atoms with Crippen LogP contribution in [0.2, 0.25) is 5.02 Å². The van der Waals surface area contributed by atoms with E-state index in [1.807, 2.05) is 83.7 Å². The van der Waals surface area contributed by atoms with E-state index in [4.69, 9.17) is 16.3 Å². The maximum absolute atomic E-state index is 13.6. The van der Waals surface area contributed by atoms with Crippen LogP contribution in [0.3, 0.4) is 0 Å². The number of hydrogen-bond acceptors (Lipinski definition) is 3. The minimum Gasteiger partial charge on any atom is -0.479 e. The monoisotopic (exact) mass is 519 g/mol. The number of hydrogen-bond donors (Lipinski definition) is 1. The van der Waals surface area contributed by atoms with Gasteiger partial charge in [-0.3, -0.25) is 4.79 Å². The number of benzene rings is 3. The fraction of sp³-hybridized carbons (Fsp3) is 0.355. The van der Waals surface area contributed by atoms with E-state index in [0.29, 0.717) is 29.2 Å². The zero-order valence-electron chi connectivity index (χ0n) is 22.5. The van der Waals surface area contributed by atoms with Crippen LogP contribution in [0.1, 0.15) is 76.2 Å². The minimum atomic E-state index is -1.15. The van der Waals surface area contributed by atoms with Crippen molar-refractivity contribution in [3.8, 4) is 11.1 Å². The predicted molar refractivity (Wildman–Crippen MR) is 147 cm³/mol. The third-order valence-corrected chi connectivity index (χ3v) is 7.27. The number of carbonyl (C=O) groups is 2. The summed E-state index contributed by atoms with van der Waals surface area (Å²) in [5.74, 6) is -1.12. The molecule has 0 spiro atoms. The van der Waals surface area contributed by atoms with Crippen molar-refractivity contribution in [3.63, 3.8) is 0 Å². The first-order valence-corrected chi connectivity index (χ1v) is 12.8. The third-order valence-electron chi connectivity index (χ3n) is 7.03. The summed E-state index contributed by atoms with van der Waals surface area (Å²) in [7, 11) is 0. The van der Waals surface area contributed by atoms with Crippen LogP contribution in [-0.2, 0) is 22.6 Å². The summed E-state index contributed by atoms with van der Waals surface area (Å²) in [5.41, 5.74) is 8.21. The Hall–Kier alpha value is -3.15. The average molecular weight is 520 g/mol. The molecular formula is C31H34ClNO4. The van der Waals surface area contributed by atoms with E-state index in [-0.39, 0.29) is 5.91 Å². The van der Waals surface area contributed by atoms with Crippen LogP contribution in [0.5, 0.6) is 0 Å². The summed E-state index contributed by atoms with van der Waals surface area (Å²) in [6.45, 7) is 14.3. The molecule has 194 valence electrons. The van der Waals surface area contributed by atoms with Crippen molar-refractivity contribution in [1.29, 1.82) is 0 Å². The molecule has 1 atom stereocenters. The van der Waals surface area contributed by atoms with Gasteiger partial charge in [-0.05, 0) is 99.5 Å². The molecule has 37 heavy (non-hydrogen) atoms. The smallest absolute Gasteiger partial charge is 0.337 e. The zero-order valence-corrected chi connectivity index (χ0v) is 23.3. The maximum Gasteiger partial charge on any atom is 0.337 e. The lowest BCUT2D eigenvalue weighted by Crippen LogP contribution is -2.28. The van der Waals surface area contributed by atoms with Crippen LogP contribution in [-0.4, -0.2) is 27.5 Å². The van der Waals surface area contributed by atoms with Crippen molar-refractivity contribution in [2.45, 2.75) is 73.3 Å². The molecule has 3 aromatic carbocycles. The molecule has 0 unspecified atom stereocenters. The number of carboxylic acids is 1. The summed E-state index contributed by atoms with van der Waals surface area (Å²) in [6, 6.07) is 13.4. The number of amides is 1. The standard InChI is InChI=1S/C31H34ClNO4/c1-17-8-11-21(12-9-17)26-19(3)24-15-33(29(34)23-14-22(32)13-10-18(23)2)16-25(24)20(4)27(26)28(30(35)36)37-31(5,6)7/h8-14,28H,15-16H2,1-7H3,(H,35,36)/t28-/m0/s1. The molecule has 0 radical (unpaired) electrons. The molecule has 0 fully saturated rings. The molecule has 5 nitrogen and oxygen atoms in total. The fourth-order valence-corrected chi connectivity index (χ4v) is 5.34. The van der Waals surface area contributed by atoms with E-state index < -0.39 is 17.7 Å². The Morgan fingerprint density at radius 1 is 0.946 bits per heavy atom. The summed E-state index contributed by atoms with van der Waals surface area (Å²) in [4.78, 5) is 28.0. The molecule has 3 aromatic rings. The number of ether oxygens (including phenoxy) is 1.